The fourth-order valence-corrected chi connectivity index (χ4v) is 2.89. The molecule has 3 amide bonds. The van der Waals surface area contributed by atoms with Crippen molar-refractivity contribution in [1.29, 1.82) is 0 Å². The van der Waals surface area contributed by atoms with Gasteiger partial charge in [0.25, 0.3) is 0 Å². The molecule has 9 nitrogen and oxygen atoms in total. The SMILES string of the molecule is CC(C)CC(NC(=O)C(C)NC(=O)C(C)N)C(=O)N1CCCC1C(=O)O. The molecule has 0 bridgehead atoms. The van der Waals surface area contributed by atoms with Crippen LogP contribution in [0.4, 0.5) is 0 Å². The highest BCUT2D eigenvalue weighted by molar-refractivity contribution is 5.94. The molecule has 0 aromatic heterocycles. The summed E-state index contributed by atoms with van der Waals surface area (Å²) in [7, 11) is 0. The summed E-state index contributed by atoms with van der Waals surface area (Å²) in [6, 6.07) is -3.30. The molecule has 4 unspecified atom stereocenters. The third kappa shape index (κ3) is 5.98. The minimum atomic E-state index is -1.04. The van der Waals surface area contributed by atoms with Gasteiger partial charge in [0.05, 0.1) is 6.04 Å². The lowest BCUT2D eigenvalue weighted by molar-refractivity contribution is -0.149. The van der Waals surface area contributed by atoms with Gasteiger partial charge in [-0.2, -0.15) is 0 Å². The number of likely N-dealkylation sites (tertiary alicyclic amines) is 1. The lowest BCUT2D eigenvalue weighted by atomic mass is 10.0. The van der Waals surface area contributed by atoms with E-state index in [1.165, 1.54) is 18.7 Å². The molecular formula is C17H30N4O5. The molecule has 1 aliphatic heterocycles. The Kier molecular flexibility index (Phi) is 8.01. The zero-order valence-electron chi connectivity index (χ0n) is 15.8. The van der Waals surface area contributed by atoms with Crippen molar-refractivity contribution >= 4 is 23.7 Å². The minimum absolute atomic E-state index is 0.115. The van der Waals surface area contributed by atoms with Crippen molar-refractivity contribution in [3.63, 3.8) is 0 Å². The second-order valence-corrected chi connectivity index (χ2v) is 7.24. The van der Waals surface area contributed by atoms with Crippen LogP contribution < -0.4 is 16.4 Å². The second-order valence-electron chi connectivity index (χ2n) is 7.24. The molecule has 1 fully saturated rings. The molecule has 5 N–H and O–H groups in total. The zero-order chi connectivity index (χ0) is 20.0. The number of hydrogen-bond donors (Lipinski definition) is 4. The van der Waals surface area contributed by atoms with E-state index in [1.807, 2.05) is 13.8 Å². The molecule has 0 aromatic carbocycles. The number of carbonyl (C=O) groups excluding carboxylic acids is 3. The average molecular weight is 370 g/mol. The number of nitrogens with zero attached hydrogens (tertiary/aromatic N) is 1. The number of carboxylic acids is 1. The molecule has 0 aromatic rings. The van der Waals surface area contributed by atoms with Gasteiger partial charge in [0, 0.05) is 6.54 Å². The van der Waals surface area contributed by atoms with Crippen LogP contribution in [-0.2, 0) is 19.2 Å². The topological polar surface area (TPSA) is 142 Å². The van der Waals surface area contributed by atoms with Crippen LogP contribution in [0, 0.1) is 5.92 Å². The van der Waals surface area contributed by atoms with Crippen LogP contribution in [-0.4, -0.2) is 64.4 Å². The molecule has 26 heavy (non-hydrogen) atoms. The molecular weight excluding hydrogens is 340 g/mol. The van der Waals surface area contributed by atoms with Crippen molar-refractivity contribution < 1.29 is 24.3 Å². The van der Waals surface area contributed by atoms with Crippen molar-refractivity contribution in [2.75, 3.05) is 6.54 Å². The molecule has 0 aliphatic carbocycles. The van der Waals surface area contributed by atoms with Gasteiger partial charge in [-0.15, -0.1) is 0 Å². The number of amides is 3. The summed E-state index contributed by atoms with van der Waals surface area (Å²) in [6.45, 7) is 7.18. The van der Waals surface area contributed by atoms with Gasteiger partial charge in [0.1, 0.15) is 18.1 Å². The number of nitrogens with one attached hydrogen (secondary N) is 2. The number of nitrogens with two attached hydrogens (primary N) is 1. The highest BCUT2D eigenvalue weighted by atomic mass is 16.4. The normalized spacial score (nSPS) is 20.4. The lowest BCUT2D eigenvalue weighted by Crippen LogP contribution is -2.56. The number of carbonyl (C=O) groups is 4. The van der Waals surface area contributed by atoms with Crippen molar-refractivity contribution in [2.24, 2.45) is 11.7 Å². The summed E-state index contributed by atoms with van der Waals surface area (Å²) in [5.41, 5.74) is 5.47. The predicted molar refractivity (Wildman–Crippen MR) is 95.0 cm³/mol. The summed E-state index contributed by atoms with van der Waals surface area (Å²) >= 11 is 0. The fraction of sp³-hybridized carbons (Fsp3) is 0.765. The van der Waals surface area contributed by atoms with Crippen LogP contribution in [0.1, 0.15) is 47.0 Å². The van der Waals surface area contributed by atoms with Gasteiger partial charge < -0.3 is 26.4 Å². The van der Waals surface area contributed by atoms with Crippen LogP contribution in [0.25, 0.3) is 0 Å². The van der Waals surface area contributed by atoms with Gasteiger partial charge in [-0.1, -0.05) is 13.8 Å². The van der Waals surface area contributed by atoms with Gasteiger partial charge in [0.15, 0.2) is 0 Å². The molecule has 9 heteroatoms. The Bertz CT molecular complexity index is 549. The summed E-state index contributed by atoms with van der Waals surface area (Å²) in [5, 5.41) is 14.4. The average Bonchev–Trinajstić information content (AvgIpc) is 3.02. The monoisotopic (exact) mass is 370 g/mol. The zero-order valence-corrected chi connectivity index (χ0v) is 15.8. The third-order valence-electron chi connectivity index (χ3n) is 4.31. The Morgan fingerprint density at radius 3 is 2.23 bits per heavy atom. The molecule has 0 spiro atoms. The van der Waals surface area contributed by atoms with Gasteiger partial charge in [-0.05, 0) is 39.0 Å². The van der Waals surface area contributed by atoms with Crippen molar-refractivity contribution in [2.45, 2.75) is 71.1 Å². The van der Waals surface area contributed by atoms with E-state index in [4.69, 9.17) is 5.73 Å². The Morgan fingerprint density at radius 2 is 1.73 bits per heavy atom. The maximum Gasteiger partial charge on any atom is 0.326 e. The Morgan fingerprint density at radius 1 is 1.12 bits per heavy atom. The first-order chi connectivity index (χ1) is 12.0. The van der Waals surface area contributed by atoms with Crippen molar-refractivity contribution in [3.05, 3.63) is 0 Å². The molecule has 4 atom stereocenters. The van der Waals surface area contributed by atoms with E-state index in [-0.39, 0.29) is 5.92 Å². The Hall–Kier alpha value is -2.16. The first-order valence-electron chi connectivity index (χ1n) is 8.94. The van der Waals surface area contributed by atoms with Gasteiger partial charge in [-0.25, -0.2) is 4.79 Å². The van der Waals surface area contributed by atoms with Crippen molar-refractivity contribution in [3.8, 4) is 0 Å². The molecule has 1 heterocycles. The summed E-state index contributed by atoms with van der Waals surface area (Å²) in [5.74, 6) is -2.30. The first-order valence-corrected chi connectivity index (χ1v) is 8.94. The number of hydrogen-bond acceptors (Lipinski definition) is 5. The van der Waals surface area contributed by atoms with E-state index < -0.39 is 47.9 Å². The number of carboxylic acid groups (broad SMARTS) is 1. The van der Waals surface area contributed by atoms with Crippen LogP contribution in [0.3, 0.4) is 0 Å². The number of rotatable bonds is 8. The lowest BCUT2D eigenvalue weighted by Gasteiger charge is -2.29. The van der Waals surface area contributed by atoms with Crippen LogP contribution in [0.5, 0.6) is 0 Å². The van der Waals surface area contributed by atoms with E-state index >= 15 is 0 Å². The molecule has 0 saturated carbocycles. The fourth-order valence-electron chi connectivity index (χ4n) is 2.89. The maximum absolute atomic E-state index is 12.8. The van der Waals surface area contributed by atoms with E-state index in [1.54, 1.807) is 0 Å². The summed E-state index contributed by atoms with van der Waals surface area (Å²) in [6.07, 6.45) is 1.40. The van der Waals surface area contributed by atoms with Crippen molar-refractivity contribution in [1.82, 2.24) is 15.5 Å². The van der Waals surface area contributed by atoms with Crippen LogP contribution >= 0.6 is 0 Å². The Balaban J connectivity index is 2.83. The van der Waals surface area contributed by atoms with Gasteiger partial charge in [0.2, 0.25) is 17.7 Å². The highest BCUT2D eigenvalue weighted by Gasteiger charge is 2.38. The van der Waals surface area contributed by atoms with E-state index in [9.17, 15) is 24.3 Å². The third-order valence-corrected chi connectivity index (χ3v) is 4.31. The van der Waals surface area contributed by atoms with Crippen LogP contribution in [0.2, 0.25) is 0 Å². The molecule has 148 valence electrons. The molecule has 0 radical (unpaired) electrons. The number of aliphatic carboxylic acids is 1. The quantitative estimate of drug-likeness (QED) is 0.451. The van der Waals surface area contributed by atoms with E-state index in [0.29, 0.717) is 25.8 Å². The first kappa shape index (κ1) is 21.9. The van der Waals surface area contributed by atoms with Gasteiger partial charge in [-0.3, -0.25) is 14.4 Å². The summed E-state index contributed by atoms with van der Waals surface area (Å²) < 4.78 is 0. The van der Waals surface area contributed by atoms with Gasteiger partial charge >= 0.3 is 5.97 Å². The summed E-state index contributed by atoms with van der Waals surface area (Å²) in [4.78, 5) is 49.5. The van der Waals surface area contributed by atoms with E-state index in [2.05, 4.69) is 10.6 Å². The molecule has 1 rings (SSSR count). The maximum atomic E-state index is 12.8. The smallest absolute Gasteiger partial charge is 0.326 e. The Labute approximate surface area is 153 Å². The molecule has 1 saturated heterocycles. The predicted octanol–water partition coefficient (Wildman–Crippen LogP) is -0.555. The standard InChI is InChI=1S/C17H30N4O5/c1-9(2)8-12(16(24)21-7-5-6-13(21)17(25)26)20-15(23)11(4)19-14(22)10(3)18/h9-13H,5-8,18H2,1-4H3,(H,19,22)(H,20,23)(H,25,26). The minimum Gasteiger partial charge on any atom is -0.480 e. The molecule has 1 aliphatic rings. The van der Waals surface area contributed by atoms with Crippen LogP contribution in [0.15, 0.2) is 0 Å². The van der Waals surface area contributed by atoms with E-state index in [0.717, 1.165) is 0 Å². The highest BCUT2D eigenvalue weighted by Crippen LogP contribution is 2.20. The second kappa shape index (κ2) is 9.51. The largest absolute Gasteiger partial charge is 0.480 e.